The Hall–Kier alpha value is -1.77. The molecule has 3 heteroatoms. The third kappa shape index (κ3) is 3.12. The smallest absolute Gasteiger partial charge is 0.224 e. The zero-order chi connectivity index (χ0) is 12.0. The van der Waals surface area contributed by atoms with E-state index in [1.54, 1.807) is 13.2 Å². The summed E-state index contributed by atoms with van der Waals surface area (Å²) < 4.78 is 5.21. The lowest BCUT2D eigenvalue weighted by molar-refractivity contribution is -0.120. The van der Waals surface area contributed by atoms with Gasteiger partial charge in [-0.15, -0.1) is 0 Å². The maximum Gasteiger partial charge on any atom is 0.224 e. The van der Waals surface area contributed by atoms with E-state index >= 15 is 0 Å². The Bertz CT molecular complexity index is 386. The largest absolute Gasteiger partial charge is 0.496 e. The van der Waals surface area contributed by atoms with Crippen LogP contribution < -0.4 is 10.1 Å². The van der Waals surface area contributed by atoms with Crippen LogP contribution in [0.2, 0.25) is 0 Å². The van der Waals surface area contributed by atoms with Crippen molar-refractivity contribution in [2.45, 2.75) is 13.3 Å². The number of likely N-dealkylation sites (N-methyl/N-ethyl adjacent to an activating group) is 1. The Balaban J connectivity index is 2.90. The summed E-state index contributed by atoms with van der Waals surface area (Å²) in [5, 5.41) is 2.76. The summed E-state index contributed by atoms with van der Waals surface area (Å²) in [6.07, 6.45) is 2.08. The highest BCUT2D eigenvalue weighted by molar-refractivity contribution is 5.79. The molecule has 0 bridgehead atoms. The zero-order valence-electron chi connectivity index (χ0n) is 9.75. The highest BCUT2D eigenvalue weighted by Gasteiger charge is 2.08. The van der Waals surface area contributed by atoms with E-state index in [1.165, 1.54) is 0 Å². The van der Waals surface area contributed by atoms with Crippen LogP contribution in [-0.4, -0.2) is 19.6 Å². The Morgan fingerprint density at radius 2 is 2.31 bits per heavy atom. The minimum Gasteiger partial charge on any atom is -0.496 e. The van der Waals surface area contributed by atoms with Crippen molar-refractivity contribution >= 4 is 12.0 Å². The van der Waals surface area contributed by atoms with Crippen molar-refractivity contribution in [2.75, 3.05) is 13.7 Å². The highest BCUT2D eigenvalue weighted by atomic mass is 16.5. The fourth-order valence-electron chi connectivity index (χ4n) is 1.50. The Morgan fingerprint density at radius 1 is 1.56 bits per heavy atom. The van der Waals surface area contributed by atoms with Gasteiger partial charge in [-0.2, -0.15) is 0 Å². The van der Waals surface area contributed by atoms with E-state index in [9.17, 15) is 4.79 Å². The van der Waals surface area contributed by atoms with E-state index in [-0.39, 0.29) is 5.91 Å². The molecule has 1 rings (SSSR count). The average molecular weight is 219 g/mol. The fourth-order valence-corrected chi connectivity index (χ4v) is 1.50. The molecule has 3 nitrogen and oxygen atoms in total. The quantitative estimate of drug-likeness (QED) is 0.822. The minimum atomic E-state index is 0.00186. The van der Waals surface area contributed by atoms with Crippen molar-refractivity contribution in [1.82, 2.24) is 5.32 Å². The number of benzene rings is 1. The lowest BCUT2D eigenvalue weighted by atomic mass is 10.1. The number of hydrogen-bond acceptors (Lipinski definition) is 2. The summed E-state index contributed by atoms with van der Waals surface area (Å²) >= 11 is 0. The van der Waals surface area contributed by atoms with Crippen LogP contribution in [0.1, 0.15) is 18.1 Å². The van der Waals surface area contributed by atoms with Gasteiger partial charge in [0.15, 0.2) is 0 Å². The molecule has 86 valence electrons. The van der Waals surface area contributed by atoms with Gasteiger partial charge in [0.25, 0.3) is 0 Å². The fraction of sp³-hybridized carbons (Fsp3) is 0.308. The molecule has 16 heavy (non-hydrogen) atoms. The maximum atomic E-state index is 11.5. The van der Waals surface area contributed by atoms with Gasteiger partial charge in [0, 0.05) is 12.1 Å². The predicted molar refractivity (Wildman–Crippen MR) is 65.5 cm³/mol. The van der Waals surface area contributed by atoms with Gasteiger partial charge in [-0.05, 0) is 24.6 Å². The summed E-state index contributed by atoms with van der Waals surface area (Å²) in [6, 6.07) is 5.68. The molecule has 1 N–H and O–H groups in total. The molecule has 0 saturated heterocycles. The van der Waals surface area contributed by atoms with Crippen molar-refractivity contribution < 1.29 is 9.53 Å². The van der Waals surface area contributed by atoms with Crippen molar-refractivity contribution in [1.29, 1.82) is 0 Å². The van der Waals surface area contributed by atoms with E-state index in [2.05, 4.69) is 11.9 Å². The normalized spacial score (nSPS) is 9.62. The number of rotatable bonds is 5. The Morgan fingerprint density at radius 3 is 2.88 bits per heavy atom. The van der Waals surface area contributed by atoms with Gasteiger partial charge in [-0.1, -0.05) is 18.7 Å². The summed E-state index contributed by atoms with van der Waals surface area (Å²) in [7, 11) is 1.60. The first-order chi connectivity index (χ1) is 7.71. The number of nitrogens with one attached hydrogen (secondary N) is 1. The third-order valence-electron chi connectivity index (χ3n) is 2.27. The first-order valence-corrected chi connectivity index (χ1v) is 5.27. The number of amides is 1. The second-order valence-electron chi connectivity index (χ2n) is 3.41. The van der Waals surface area contributed by atoms with E-state index < -0.39 is 0 Å². The topological polar surface area (TPSA) is 38.3 Å². The Kier molecular flexibility index (Phi) is 4.58. The number of carbonyl (C=O) groups excluding carboxylic acids is 1. The number of ether oxygens (including phenoxy) is 1. The molecule has 0 heterocycles. The molecule has 0 atom stereocenters. The van der Waals surface area contributed by atoms with Crippen LogP contribution in [0.15, 0.2) is 24.8 Å². The van der Waals surface area contributed by atoms with Crippen molar-refractivity contribution in [3.63, 3.8) is 0 Å². The van der Waals surface area contributed by atoms with Crippen molar-refractivity contribution in [3.05, 3.63) is 35.9 Å². The van der Waals surface area contributed by atoms with Crippen LogP contribution in [0.3, 0.4) is 0 Å². The van der Waals surface area contributed by atoms with E-state index in [4.69, 9.17) is 4.74 Å². The molecular weight excluding hydrogens is 202 g/mol. The Labute approximate surface area is 96.1 Å². The van der Waals surface area contributed by atoms with Gasteiger partial charge < -0.3 is 10.1 Å². The summed E-state index contributed by atoms with van der Waals surface area (Å²) in [5.74, 6) is 0.735. The van der Waals surface area contributed by atoms with Gasteiger partial charge in [0.1, 0.15) is 5.75 Å². The SMILES string of the molecule is C=Cc1ccc(OC)c(CC(=O)NCC)c1. The zero-order valence-corrected chi connectivity index (χ0v) is 9.75. The van der Waals surface area contributed by atoms with Crippen LogP contribution in [0.4, 0.5) is 0 Å². The molecule has 0 spiro atoms. The maximum absolute atomic E-state index is 11.5. The van der Waals surface area contributed by atoms with Gasteiger partial charge in [0.2, 0.25) is 5.91 Å². The molecule has 1 aromatic carbocycles. The third-order valence-corrected chi connectivity index (χ3v) is 2.27. The van der Waals surface area contributed by atoms with Gasteiger partial charge >= 0.3 is 0 Å². The van der Waals surface area contributed by atoms with Crippen molar-refractivity contribution in [2.24, 2.45) is 0 Å². The van der Waals surface area contributed by atoms with Crippen LogP contribution >= 0.6 is 0 Å². The molecule has 0 fully saturated rings. The second kappa shape index (κ2) is 5.95. The van der Waals surface area contributed by atoms with E-state index in [1.807, 2.05) is 25.1 Å². The van der Waals surface area contributed by atoms with E-state index in [0.29, 0.717) is 13.0 Å². The first kappa shape index (κ1) is 12.3. The molecular formula is C13H17NO2. The lowest BCUT2D eigenvalue weighted by Gasteiger charge is -2.09. The molecule has 0 aliphatic heterocycles. The van der Waals surface area contributed by atoms with Crippen LogP contribution in [-0.2, 0) is 11.2 Å². The summed E-state index contributed by atoms with van der Waals surface area (Å²) in [5.41, 5.74) is 1.87. The molecule has 0 radical (unpaired) electrons. The molecule has 0 aliphatic rings. The summed E-state index contributed by atoms with van der Waals surface area (Å²) in [6.45, 7) is 6.24. The van der Waals surface area contributed by atoms with Gasteiger partial charge in [-0.3, -0.25) is 4.79 Å². The predicted octanol–water partition coefficient (Wildman–Crippen LogP) is 2.02. The highest BCUT2D eigenvalue weighted by Crippen LogP contribution is 2.20. The molecule has 1 aromatic rings. The molecule has 0 unspecified atom stereocenters. The van der Waals surface area contributed by atoms with Crippen LogP contribution in [0.25, 0.3) is 6.08 Å². The number of methoxy groups -OCH3 is 1. The van der Waals surface area contributed by atoms with Gasteiger partial charge in [-0.25, -0.2) is 0 Å². The van der Waals surface area contributed by atoms with Crippen molar-refractivity contribution in [3.8, 4) is 5.75 Å². The molecule has 1 amide bonds. The number of carbonyl (C=O) groups is 1. The standard InChI is InChI=1S/C13H17NO2/c1-4-10-6-7-12(16-3)11(8-10)9-13(15)14-5-2/h4,6-8H,1,5,9H2,2-3H3,(H,14,15). The van der Waals surface area contributed by atoms with Crippen LogP contribution in [0.5, 0.6) is 5.75 Å². The molecule has 0 saturated carbocycles. The van der Waals surface area contributed by atoms with Gasteiger partial charge in [0.05, 0.1) is 13.5 Å². The molecule has 0 aliphatic carbocycles. The minimum absolute atomic E-state index is 0.00186. The molecule has 0 aromatic heterocycles. The lowest BCUT2D eigenvalue weighted by Crippen LogP contribution is -2.24. The monoisotopic (exact) mass is 219 g/mol. The first-order valence-electron chi connectivity index (χ1n) is 5.27. The second-order valence-corrected chi connectivity index (χ2v) is 3.41. The van der Waals surface area contributed by atoms with Crippen LogP contribution in [0, 0.1) is 0 Å². The average Bonchev–Trinajstić information content (AvgIpc) is 2.29. The van der Waals surface area contributed by atoms with E-state index in [0.717, 1.165) is 16.9 Å². The summed E-state index contributed by atoms with van der Waals surface area (Å²) in [4.78, 5) is 11.5. The number of hydrogen-bond donors (Lipinski definition) is 1.